The Morgan fingerprint density at radius 1 is 0.839 bits per heavy atom. The molecule has 0 aromatic rings. The Bertz CT molecular complexity index is 1610. The molecule has 4 rings (SSSR count). The zero-order valence-electron chi connectivity index (χ0n) is 33.5. The molecule has 2 heterocycles. The minimum absolute atomic E-state index is 0.0136. The fourth-order valence-electron chi connectivity index (χ4n) is 8.14. The van der Waals surface area contributed by atoms with Gasteiger partial charge in [-0.2, -0.15) is 0 Å². The summed E-state index contributed by atoms with van der Waals surface area (Å²) in [5, 5.41) is 13.0. The smallest absolute Gasteiger partial charge is 0.344 e. The van der Waals surface area contributed by atoms with Gasteiger partial charge in [0.25, 0.3) is 0 Å². The van der Waals surface area contributed by atoms with Gasteiger partial charge in [-0.1, -0.05) is 40.7 Å². The van der Waals surface area contributed by atoms with E-state index in [1.54, 1.807) is 27.7 Å². The summed E-state index contributed by atoms with van der Waals surface area (Å²) in [5.41, 5.74) is -5.90. The zero-order chi connectivity index (χ0) is 41.9. The highest BCUT2D eigenvalue weighted by Crippen LogP contribution is 2.63. The Morgan fingerprint density at radius 2 is 1.41 bits per heavy atom. The van der Waals surface area contributed by atoms with Crippen molar-refractivity contribution in [3.05, 3.63) is 23.8 Å². The van der Waals surface area contributed by atoms with Gasteiger partial charge >= 0.3 is 41.8 Å². The van der Waals surface area contributed by atoms with Crippen LogP contribution in [-0.4, -0.2) is 122 Å². The molecular weight excluding hydrogens is 740 g/mol. The molecule has 2 saturated heterocycles. The first-order valence-corrected chi connectivity index (χ1v) is 18.6. The third-order valence-corrected chi connectivity index (χ3v) is 10.6. The summed E-state index contributed by atoms with van der Waals surface area (Å²) in [6.07, 6.45) is -5.66. The van der Waals surface area contributed by atoms with E-state index in [1.165, 1.54) is 39.2 Å². The molecular formula is C39H54O17. The van der Waals surface area contributed by atoms with Crippen molar-refractivity contribution in [2.75, 3.05) is 26.9 Å². The van der Waals surface area contributed by atoms with Crippen molar-refractivity contribution in [2.24, 2.45) is 29.1 Å². The van der Waals surface area contributed by atoms with Crippen molar-refractivity contribution >= 4 is 41.8 Å². The van der Waals surface area contributed by atoms with E-state index >= 15 is 0 Å². The van der Waals surface area contributed by atoms with E-state index in [0.717, 1.165) is 20.8 Å². The van der Waals surface area contributed by atoms with Gasteiger partial charge in [0.05, 0.1) is 24.5 Å². The van der Waals surface area contributed by atoms with Crippen LogP contribution < -0.4 is 0 Å². The van der Waals surface area contributed by atoms with Crippen LogP contribution in [0.1, 0.15) is 75.2 Å². The number of hydrogen-bond acceptors (Lipinski definition) is 17. The van der Waals surface area contributed by atoms with Crippen LogP contribution in [0, 0.1) is 29.1 Å². The van der Waals surface area contributed by atoms with Gasteiger partial charge in [-0.15, -0.1) is 0 Å². The Labute approximate surface area is 325 Å². The number of carbonyl (C=O) groups is 7. The van der Waals surface area contributed by atoms with Crippen molar-refractivity contribution in [3.8, 4) is 0 Å². The lowest BCUT2D eigenvalue weighted by Gasteiger charge is -2.59. The second kappa shape index (κ2) is 17.4. The second-order valence-corrected chi connectivity index (χ2v) is 15.9. The zero-order valence-corrected chi connectivity index (χ0v) is 33.5. The van der Waals surface area contributed by atoms with Gasteiger partial charge in [0, 0.05) is 46.6 Å². The summed E-state index contributed by atoms with van der Waals surface area (Å²) in [5.74, 6) is -9.23. The third-order valence-electron chi connectivity index (χ3n) is 10.6. The van der Waals surface area contributed by atoms with Crippen LogP contribution in [0.25, 0.3) is 0 Å². The Hall–Kier alpha value is -4.35. The van der Waals surface area contributed by atoms with E-state index in [-0.39, 0.29) is 37.9 Å². The Morgan fingerprint density at radius 3 is 1.95 bits per heavy atom. The molecule has 0 aromatic carbocycles. The van der Waals surface area contributed by atoms with Crippen LogP contribution in [0.2, 0.25) is 0 Å². The highest BCUT2D eigenvalue weighted by molar-refractivity contribution is 5.78. The van der Waals surface area contributed by atoms with Crippen molar-refractivity contribution < 1.29 is 81.3 Å². The third kappa shape index (κ3) is 9.10. The standard InChI is InChI=1S/C39H54O17/c1-19(2)13-28(43)49-17-30(45)54-26-12-11-25(16-48-10)15-27-39(47,21(5)36(46)55-27)35(53-24(8)42)32-37(26,9)33(56-29(44)14-20(3)4)31(51-22(6)40)34(52-23(7)41)38(32)18-50-38/h11-12,15,19-21,26-27,31-35,47H,13-14,16-18H2,1-10H3/b12-11-,25-15+/t21-,26+,27-,31+,32+,33-,34+,35-,37+,38-,39-/m0/s1. The number of aliphatic hydroxyl groups is 1. The van der Waals surface area contributed by atoms with Crippen molar-refractivity contribution in [1.29, 1.82) is 0 Å². The van der Waals surface area contributed by atoms with Gasteiger partial charge in [0.1, 0.15) is 17.8 Å². The number of fused-ring (bicyclic) bond motifs is 3. The molecule has 2 aliphatic heterocycles. The first kappa shape index (κ1) is 44.4. The highest BCUT2D eigenvalue weighted by Gasteiger charge is 2.81. The van der Waals surface area contributed by atoms with Gasteiger partial charge in [-0.25, -0.2) is 4.79 Å². The van der Waals surface area contributed by atoms with Gasteiger partial charge in [-0.3, -0.25) is 28.8 Å². The highest BCUT2D eigenvalue weighted by atomic mass is 16.7. The Kier molecular flexibility index (Phi) is 13.8. The molecule has 4 aliphatic rings. The summed E-state index contributed by atoms with van der Waals surface area (Å²) in [6.45, 7) is 12.0. The maximum atomic E-state index is 13.8. The molecule has 0 aromatic heterocycles. The summed E-state index contributed by atoms with van der Waals surface area (Å²) < 4.78 is 52.6. The molecule has 17 heteroatoms. The first-order valence-electron chi connectivity index (χ1n) is 18.6. The predicted molar refractivity (Wildman–Crippen MR) is 190 cm³/mol. The number of ether oxygens (including phenoxy) is 9. The predicted octanol–water partition coefficient (Wildman–Crippen LogP) is 2.08. The fraction of sp³-hybridized carbons (Fsp3) is 0.718. The molecule has 3 fully saturated rings. The lowest BCUT2D eigenvalue weighted by Crippen LogP contribution is -2.76. The maximum absolute atomic E-state index is 13.8. The average molecular weight is 795 g/mol. The number of methoxy groups -OCH3 is 1. The largest absolute Gasteiger partial charge is 0.459 e. The average Bonchev–Trinajstić information content (AvgIpc) is 3.83. The van der Waals surface area contributed by atoms with Gasteiger partial charge in [0.2, 0.25) is 0 Å². The van der Waals surface area contributed by atoms with Crippen LogP contribution in [0.4, 0.5) is 0 Å². The van der Waals surface area contributed by atoms with Crippen LogP contribution in [0.5, 0.6) is 0 Å². The second-order valence-electron chi connectivity index (χ2n) is 15.9. The molecule has 1 saturated carbocycles. The van der Waals surface area contributed by atoms with Crippen molar-refractivity contribution in [3.63, 3.8) is 0 Å². The minimum Gasteiger partial charge on any atom is -0.459 e. The van der Waals surface area contributed by atoms with Gasteiger partial charge in [0.15, 0.2) is 36.6 Å². The SMILES string of the molecule is COCC1=C/[C@@H]2OC(=O)[C@H](C)[C@@]2(O)[C@@H](OC(C)=O)[C@H]2[C@@]3(CO3)[C@H](OC(C)=O)[C@H](OC(C)=O)[C@H](OC(=O)CC(C)C)[C@]2(C)[C@H](OC(=O)COC(=O)CC(C)C)/C=C\1. The number of carbonyl (C=O) groups excluding carboxylic acids is 7. The van der Waals surface area contributed by atoms with E-state index in [1.807, 2.05) is 0 Å². The van der Waals surface area contributed by atoms with Crippen LogP contribution in [-0.2, 0) is 76.2 Å². The topological polar surface area (TPSA) is 226 Å². The summed E-state index contributed by atoms with van der Waals surface area (Å²) >= 11 is 0. The summed E-state index contributed by atoms with van der Waals surface area (Å²) in [6, 6.07) is 0. The molecule has 1 N–H and O–H groups in total. The lowest BCUT2D eigenvalue weighted by atomic mass is 9.51. The van der Waals surface area contributed by atoms with Gasteiger partial charge in [-0.05, 0) is 36.5 Å². The number of rotatable bonds is 13. The lowest BCUT2D eigenvalue weighted by molar-refractivity contribution is -0.280. The van der Waals surface area contributed by atoms with Crippen molar-refractivity contribution in [1.82, 2.24) is 0 Å². The molecule has 56 heavy (non-hydrogen) atoms. The molecule has 1 spiro atoms. The fourth-order valence-corrected chi connectivity index (χ4v) is 8.14. The molecule has 0 amide bonds. The maximum Gasteiger partial charge on any atom is 0.344 e. The number of hydrogen-bond donors (Lipinski definition) is 1. The van der Waals surface area contributed by atoms with E-state index in [9.17, 15) is 38.7 Å². The minimum atomic E-state index is -2.42. The first-order chi connectivity index (χ1) is 26.1. The molecule has 0 radical (unpaired) electrons. The molecule has 0 unspecified atom stereocenters. The van der Waals surface area contributed by atoms with Crippen LogP contribution >= 0.6 is 0 Å². The normalized spacial score (nSPS) is 36.2. The molecule has 2 aliphatic carbocycles. The Balaban J connectivity index is 2.11. The van der Waals surface area contributed by atoms with Crippen LogP contribution in [0.3, 0.4) is 0 Å². The number of epoxide rings is 1. The molecule has 312 valence electrons. The van der Waals surface area contributed by atoms with E-state index in [0.29, 0.717) is 5.57 Å². The monoisotopic (exact) mass is 794 g/mol. The van der Waals surface area contributed by atoms with Crippen molar-refractivity contribution in [2.45, 2.75) is 123 Å². The quantitative estimate of drug-likeness (QED) is 0.160. The van der Waals surface area contributed by atoms with E-state index in [2.05, 4.69) is 0 Å². The van der Waals surface area contributed by atoms with Crippen LogP contribution in [0.15, 0.2) is 23.8 Å². The summed E-state index contributed by atoms with van der Waals surface area (Å²) in [4.78, 5) is 92.3. The number of esters is 7. The molecule has 0 bridgehead atoms. The van der Waals surface area contributed by atoms with Gasteiger partial charge < -0.3 is 47.7 Å². The molecule has 17 nitrogen and oxygen atoms in total. The summed E-state index contributed by atoms with van der Waals surface area (Å²) in [7, 11) is 1.39. The van der Waals surface area contributed by atoms with E-state index < -0.39 is 113 Å². The van der Waals surface area contributed by atoms with E-state index in [4.69, 9.17) is 42.6 Å². The molecule has 11 atom stereocenters.